The van der Waals surface area contributed by atoms with E-state index in [2.05, 4.69) is 15.3 Å². The molecule has 24 heavy (non-hydrogen) atoms. The molecule has 1 N–H and O–H groups in total. The number of fused-ring (bicyclic) bond motifs is 1. The van der Waals surface area contributed by atoms with Gasteiger partial charge in [-0.2, -0.15) is 0 Å². The van der Waals surface area contributed by atoms with E-state index in [0.29, 0.717) is 16.5 Å². The van der Waals surface area contributed by atoms with E-state index in [0.717, 1.165) is 11.4 Å². The Labute approximate surface area is 143 Å². The van der Waals surface area contributed by atoms with Gasteiger partial charge in [-0.25, -0.2) is 9.97 Å². The third kappa shape index (κ3) is 3.03. The molecule has 0 unspecified atom stereocenters. The Morgan fingerprint density at radius 2 is 1.92 bits per heavy atom. The van der Waals surface area contributed by atoms with Crippen molar-refractivity contribution in [3.8, 4) is 11.3 Å². The van der Waals surface area contributed by atoms with Gasteiger partial charge in [0.1, 0.15) is 11.5 Å². The molecular weight excluding hydrogens is 330 g/mol. The van der Waals surface area contributed by atoms with Crippen molar-refractivity contribution in [2.75, 3.05) is 5.32 Å². The van der Waals surface area contributed by atoms with E-state index in [1.54, 1.807) is 24.5 Å². The van der Waals surface area contributed by atoms with Crippen LogP contribution in [-0.2, 0) is 0 Å². The van der Waals surface area contributed by atoms with Crippen molar-refractivity contribution in [1.29, 1.82) is 0 Å². The highest BCUT2D eigenvalue weighted by molar-refractivity contribution is 6.32. The molecule has 3 aromatic rings. The van der Waals surface area contributed by atoms with Crippen LogP contribution in [0.2, 0.25) is 5.15 Å². The van der Waals surface area contributed by atoms with E-state index in [1.807, 2.05) is 25.2 Å². The van der Waals surface area contributed by atoms with Gasteiger partial charge in [-0.1, -0.05) is 11.6 Å². The first-order valence-electron chi connectivity index (χ1n) is 7.32. The van der Waals surface area contributed by atoms with Crippen LogP contribution in [-0.4, -0.2) is 24.8 Å². The van der Waals surface area contributed by atoms with Crippen LogP contribution in [0.5, 0.6) is 0 Å². The van der Waals surface area contributed by atoms with Crippen molar-refractivity contribution < 1.29 is 4.92 Å². The zero-order valence-electron chi connectivity index (χ0n) is 13.4. The topological polar surface area (TPSA) is 85.4 Å². The number of nitro groups is 1. The van der Waals surface area contributed by atoms with Gasteiger partial charge in [0.05, 0.1) is 4.92 Å². The Hall–Kier alpha value is -2.67. The van der Waals surface area contributed by atoms with Gasteiger partial charge in [-0.3, -0.25) is 14.5 Å². The monoisotopic (exact) mass is 345 g/mol. The van der Waals surface area contributed by atoms with E-state index in [-0.39, 0.29) is 11.2 Å². The number of hydrogen-bond acceptors (Lipinski definition) is 5. The molecule has 124 valence electrons. The van der Waals surface area contributed by atoms with Gasteiger partial charge in [-0.15, -0.1) is 0 Å². The molecule has 0 spiro atoms. The quantitative estimate of drug-likeness (QED) is 0.568. The molecular formula is C16H16ClN5O2. The molecule has 0 amide bonds. The molecule has 7 nitrogen and oxygen atoms in total. The highest BCUT2D eigenvalue weighted by Crippen LogP contribution is 2.33. The van der Waals surface area contributed by atoms with Crippen LogP contribution in [0, 0.1) is 10.1 Å². The van der Waals surface area contributed by atoms with Crippen LogP contribution in [0.25, 0.3) is 16.9 Å². The van der Waals surface area contributed by atoms with Crippen LogP contribution < -0.4 is 5.32 Å². The molecule has 8 heteroatoms. The van der Waals surface area contributed by atoms with E-state index in [9.17, 15) is 10.1 Å². The van der Waals surface area contributed by atoms with Crippen LogP contribution in [0.3, 0.4) is 0 Å². The molecule has 0 bridgehead atoms. The molecule has 0 saturated heterocycles. The number of non-ortho nitro benzene ring substituents is 1. The smallest absolute Gasteiger partial charge is 0.269 e. The summed E-state index contributed by atoms with van der Waals surface area (Å²) >= 11 is 6.16. The number of nitrogens with zero attached hydrogens (tertiary/aromatic N) is 4. The summed E-state index contributed by atoms with van der Waals surface area (Å²) in [6.07, 6.45) is 3.38. The number of anilines is 1. The summed E-state index contributed by atoms with van der Waals surface area (Å²) < 4.78 is 1.83. The molecule has 0 radical (unpaired) electrons. The number of imidazole rings is 1. The zero-order chi connectivity index (χ0) is 17.5. The SMILES string of the molecule is CC(C)(C)Nc1c(-c2ccc([N+](=O)[O-])cc2)nc2c(Cl)nccn12. The summed E-state index contributed by atoms with van der Waals surface area (Å²) in [7, 11) is 0. The van der Waals surface area contributed by atoms with Crippen LogP contribution in [0.1, 0.15) is 20.8 Å². The third-order valence-corrected chi connectivity index (χ3v) is 3.61. The fraction of sp³-hybridized carbons (Fsp3) is 0.250. The van der Waals surface area contributed by atoms with Crippen molar-refractivity contribution in [3.05, 3.63) is 51.9 Å². The van der Waals surface area contributed by atoms with Gasteiger partial charge < -0.3 is 5.32 Å². The van der Waals surface area contributed by atoms with Crippen molar-refractivity contribution in [1.82, 2.24) is 14.4 Å². The average molecular weight is 346 g/mol. The minimum Gasteiger partial charge on any atom is -0.365 e. The number of nitrogens with one attached hydrogen (secondary N) is 1. The van der Waals surface area contributed by atoms with Crippen molar-refractivity contribution >= 4 is 28.8 Å². The fourth-order valence-corrected chi connectivity index (χ4v) is 2.55. The maximum Gasteiger partial charge on any atom is 0.269 e. The van der Waals surface area contributed by atoms with Crippen LogP contribution in [0.15, 0.2) is 36.7 Å². The Bertz CT molecular complexity index is 913. The number of rotatable bonds is 3. The Balaban J connectivity index is 2.20. The average Bonchev–Trinajstić information content (AvgIpc) is 2.86. The van der Waals surface area contributed by atoms with E-state index in [4.69, 9.17) is 11.6 Å². The number of nitro benzene ring substituents is 1. The van der Waals surface area contributed by atoms with Gasteiger partial charge in [0, 0.05) is 35.6 Å². The molecule has 2 aromatic heterocycles. The van der Waals surface area contributed by atoms with Crippen molar-refractivity contribution in [3.63, 3.8) is 0 Å². The maximum absolute atomic E-state index is 10.8. The lowest BCUT2D eigenvalue weighted by atomic mass is 10.1. The normalized spacial score (nSPS) is 11.7. The molecule has 3 rings (SSSR count). The second-order valence-corrected chi connectivity index (χ2v) is 6.76. The first-order valence-corrected chi connectivity index (χ1v) is 7.69. The summed E-state index contributed by atoms with van der Waals surface area (Å²) in [6, 6.07) is 6.27. The Morgan fingerprint density at radius 1 is 1.25 bits per heavy atom. The van der Waals surface area contributed by atoms with Crippen molar-refractivity contribution in [2.24, 2.45) is 0 Å². The predicted octanol–water partition coefficient (Wildman–Crippen LogP) is 4.17. The lowest BCUT2D eigenvalue weighted by Gasteiger charge is -2.22. The molecule has 0 atom stereocenters. The van der Waals surface area contributed by atoms with Crippen LogP contribution in [0.4, 0.5) is 11.5 Å². The number of halogens is 1. The largest absolute Gasteiger partial charge is 0.365 e. The summed E-state index contributed by atoms with van der Waals surface area (Å²) in [5.74, 6) is 0.760. The minimum atomic E-state index is -0.428. The molecule has 0 aliphatic heterocycles. The minimum absolute atomic E-state index is 0.0348. The Morgan fingerprint density at radius 3 is 2.50 bits per heavy atom. The van der Waals surface area contributed by atoms with Gasteiger partial charge in [0.25, 0.3) is 5.69 Å². The molecule has 2 heterocycles. The van der Waals surface area contributed by atoms with Crippen molar-refractivity contribution in [2.45, 2.75) is 26.3 Å². The summed E-state index contributed by atoms with van der Waals surface area (Å²) in [5, 5.41) is 14.5. The zero-order valence-corrected chi connectivity index (χ0v) is 14.2. The first-order chi connectivity index (χ1) is 11.3. The number of benzene rings is 1. The van der Waals surface area contributed by atoms with Gasteiger partial charge in [0.2, 0.25) is 0 Å². The second-order valence-electron chi connectivity index (χ2n) is 6.40. The fourth-order valence-electron chi connectivity index (χ4n) is 2.36. The summed E-state index contributed by atoms with van der Waals surface area (Å²) in [5.41, 5.74) is 1.77. The lowest BCUT2D eigenvalue weighted by Crippen LogP contribution is -2.27. The lowest BCUT2D eigenvalue weighted by molar-refractivity contribution is -0.384. The maximum atomic E-state index is 10.8. The number of aromatic nitrogens is 3. The molecule has 0 aliphatic carbocycles. The summed E-state index contributed by atoms with van der Waals surface area (Å²) in [4.78, 5) is 19.0. The molecule has 0 fully saturated rings. The number of hydrogen-bond donors (Lipinski definition) is 1. The first kappa shape index (κ1) is 16.2. The standard InChI is InChI=1S/C16H16ClN5O2/c1-16(2,3)20-14-12(10-4-6-11(7-5-10)22(23)24)19-15-13(17)18-8-9-21(14)15/h4-9,20H,1-3H3. The van der Waals surface area contributed by atoms with Crippen LogP contribution >= 0.6 is 11.6 Å². The second kappa shape index (κ2) is 5.76. The van der Waals surface area contributed by atoms with E-state index >= 15 is 0 Å². The Kier molecular flexibility index (Phi) is 3.88. The highest BCUT2D eigenvalue weighted by Gasteiger charge is 2.21. The van der Waals surface area contributed by atoms with Gasteiger partial charge >= 0.3 is 0 Å². The van der Waals surface area contributed by atoms with E-state index in [1.165, 1.54) is 12.1 Å². The molecule has 0 aliphatic rings. The summed E-state index contributed by atoms with van der Waals surface area (Å²) in [6.45, 7) is 6.11. The highest BCUT2D eigenvalue weighted by atomic mass is 35.5. The third-order valence-electron chi connectivity index (χ3n) is 3.34. The van der Waals surface area contributed by atoms with Gasteiger partial charge in [0.15, 0.2) is 10.8 Å². The predicted molar refractivity (Wildman–Crippen MR) is 93.5 cm³/mol. The molecule has 1 aromatic carbocycles. The molecule has 0 saturated carbocycles. The van der Waals surface area contributed by atoms with Gasteiger partial charge in [-0.05, 0) is 32.9 Å². The van der Waals surface area contributed by atoms with E-state index < -0.39 is 4.92 Å².